The molecule has 3 nitrogen and oxygen atoms in total. The van der Waals surface area contributed by atoms with Crippen LogP contribution in [0.5, 0.6) is 0 Å². The van der Waals surface area contributed by atoms with E-state index in [9.17, 15) is 4.39 Å². The first-order valence-electron chi connectivity index (χ1n) is 3.49. The molecule has 0 bridgehead atoms. The molecule has 0 aliphatic rings. The van der Waals surface area contributed by atoms with E-state index in [0.717, 1.165) is 0 Å². The molecule has 1 aromatic rings. The molecule has 0 radical (unpaired) electrons. The zero-order valence-corrected chi connectivity index (χ0v) is 6.42. The molecule has 0 saturated heterocycles. The molecular weight excluding hydrogens is 157 g/mol. The lowest BCUT2D eigenvalue weighted by atomic mass is 10.3. The molecule has 0 fully saturated rings. The molecule has 0 amide bonds. The van der Waals surface area contributed by atoms with Gasteiger partial charge in [-0.3, -0.25) is 0 Å². The Hall–Kier alpha value is -1.47. The van der Waals surface area contributed by atoms with Gasteiger partial charge in [0.25, 0.3) is 0 Å². The molecule has 0 atom stereocenters. The van der Waals surface area contributed by atoms with Crippen LogP contribution < -0.4 is 5.73 Å². The van der Waals surface area contributed by atoms with Crippen molar-refractivity contribution in [3.8, 4) is 11.8 Å². The Labute approximate surface area is 69.8 Å². The van der Waals surface area contributed by atoms with Gasteiger partial charge in [-0.05, 0) is 0 Å². The SMILES string of the molecule is NCCC#Cc1cnc(F)nc1. The number of rotatable bonds is 1. The molecule has 62 valence electrons. The van der Waals surface area contributed by atoms with E-state index in [0.29, 0.717) is 18.5 Å². The molecule has 1 heterocycles. The van der Waals surface area contributed by atoms with Gasteiger partial charge in [-0.1, -0.05) is 11.8 Å². The van der Waals surface area contributed by atoms with Crippen LogP contribution in [0.2, 0.25) is 0 Å². The second-order valence-corrected chi connectivity index (χ2v) is 2.08. The smallest absolute Gasteiger partial charge is 0.308 e. The van der Waals surface area contributed by atoms with Crippen LogP contribution in [0, 0.1) is 17.9 Å². The fraction of sp³-hybridized carbons (Fsp3) is 0.250. The van der Waals surface area contributed by atoms with Gasteiger partial charge in [0.1, 0.15) is 0 Å². The minimum Gasteiger partial charge on any atom is -0.330 e. The topological polar surface area (TPSA) is 51.8 Å². The molecule has 4 heteroatoms. The predicted molar refractivity (Wildman–Crippen MR) is 42.5 cm³/mol. The van der Waals surface area contributed by atoms with Gasteiger partial charge in [0.2, 0.25) is 0 Å². The largest absolute Gasteiger partial charge is 0.330 e. The molecule has 0 saturated carbocycles. The van der Waals surface area contributed by atoms with Crippen molar-refractivity contribution in [2.45, 2.75) is 6.42 Å². The molecule has 0 aliphatic carbocycles. The van der Waals surface area contributed by atoms with Gasteiger partial charge in [0, 0.05) is 25.4 Å². The van der Waals surface area contributed by atoms with Crippen LogP contribution >= 0.6 is 0 Å². The standard InChI is InChI=1S/C8H8FN3/c9-8-11-5-7(6-12-8)3-1-2-4-10/h5-6H,2,4,10H2. The maximum absolute atomic E-state index is 12.2. The lowest BCUT2D eigenvalue weighted by Crippen LogP contribution is -1.95. The third kappa shape index (κ3) is 2.64. The molecule has 0 aromatic carbocycles. The van der Waals surface area contributed by atoms with Gasteiger partial charge in [-0.2, -0.15) is 4.39 Å². The van der Waals surface area contributed by atoms with Gasteiger partial charge < -0.3 is 5.73 Å². The average Bonchev–Trinajstić information content (AvgIpc) is 2.09. The van der Waals surface area contributed by atoms with Crippen molar-refractivity contribution < 1.29 is 4.39 Å². The van der Waals surface area contributed by atoms with Crippen molar-refractivity contribution in [2.75, 3.05) is 6.54 Å². The maximum atomic E-state index is 12.2. The summed E-state index contributed by atoms with van der Waals surface area (Å²) in [6.07, 6.45) is 2.56. The van der Waals surface area contributed by atoms with E-state index < -0.39 is 6.08 Å². The van der Waals surface area contributed by atoms with E-state index in [1.807, 2.05) is 0 Å². The summed E-state index contributed by atoms with van der Waals surface area (Å²) in [6, 6.07) is 0. The van der Waals surface area contributed by atoms with Gasteiger partial charge in [0.15, 0.2) is 0 Å². The molecule has 0 aliphatic heterocycles. The van der Waals surface area contributed by atoms with Crippen LogP contribution in [0.3, 0.4) is 0 Å². The fourth-order valence-corrected chi connectivity index (χ4v) is 0.614. The summed E-state index contributed by atoms with van der Waals surface area (Å²) >= 11 is 0. The maximum Gasteiger partial charge on any atom is 0.308 e. The molecule has 0 spiro atoms. The normalized spacial score (nSPS) is 8.83. The predicted octanol–water partition coefficient (Wildman–Crippen LogP) is 0.316. The third-order valence-corrected chi connectivity index (χ3v) is 1.12. The van der Waals surface area contributed by atoms with Crippen molar-refractivity contribution in [2.24, 2.45) is 5.73 Å². The molecule has 12 heavy (non-hydrogen) atoms. The molecule has 0 unspecified atom stereocenters. The van der Waals surface area contributed by atoms with E-state index in [4.69, 9.17) is 5.73 Å². The average molecular weight is 165 g/mol. The summed E-state index contributed by atoms with van der Waals surface area (Å²) in [5.41, 5.74) is 5.82. The molecule has 1 aromatic heterocycles. The Kier molecular flexibility index (Phi) is 3.17. The van der Waals surface area contributed by atoms with E-state index >= 15 is 0 Å². The van der Waals surface area contributed by atoms with Crippen molar-refractivity contribution in [3.05, 3.63) is 24.0 Å². The lowest BCUT2D eigenvalue weighted by molar-refractivity contribution is 0.538. The Bertz CT molecular complexity index is 296. The minimum absolute atomic E-state index is 0.523. The highest BCUT2D eigenvalue weighted by Gasteiger charge is 1.90. The monoisotopic (exact) mass is 165 g/mol. The Balaban J connectivity index is 2.66. The quantitative estimate of drug-likeness (QED) is 0.481. The van der Waals surface area contributed by atoms with Crippen LogP contribution in [0.15, 0.2) is 12.4 Å². The summed E-state index contributed by atoms with van der Waals surface area (Å²) in [7, 11) is 0. The highest BCUT2D eigenvalue weighted by atomic mass is 19.1. The van der Waals surface area contributed by atoms with E-state index in [2.05, 4.69) is 21.8 Å². The number of hydrogen-bond donors (Lipinski definition) is 1. The first-order valence-corrected chi connectivity index (χ1v) is 3.49. The number of aromatic nitrogens is 2. The summed E-state index contributed by atoms with van der Waals surface area (Å²) < 4.78 is 12.2. The minimum atomic E-state index is -0.737. The summed E-state index contributed by atoms with van der Waals surface area (Å²) in [5.74, 6) is 5.54. The zero-order chi connectivity index (χ0) is 8.81. The highest BCUT2D eigenvalue weighted by molar-refractivity contribution is 5.28. The van der Waals surface area contributed by atoms with E-state index in [1.54, 1.807) is 0 Å². The Morgan fingerprint density at radius 2 is 2.08 bits per heavy atom. The Morgan fingerprint density at radius 3 is 2.67 bits per heavy atom. The van der Waals surface area contributed by atoms with Gasteiger partial charge in [0.05, 0.1) is 5.56 Å². The lowest BCUT2D eigenvalue weighted by Gasteiger charge is -1.86. The van der Waals surface area contributed by atoms with Gasteiger partial charge in [-0.25, -0.2) is 9.97 Å². The first-order chi connectivity index (χ1) is 5.83. The first kappa shape index (κ1) is 8.62. The van der Waals surface area contributed by atoms with Crippen LogP contribution in [-0.2, 0) is 0 Å². The molecular formula is C8H8FN3. The van der Waals surface area contributed by atoms with Crippen molar-refractivity contribution in [1.29, 1.82) is 0 Å². The fourth-order valence-electron chi connectivity index (χ4n) is 0.614. The second-order valence-electron chi connectivity index (χ2n) is 2.08. The number of halogens is 1. The van der Waals surface area contributed by atoms with E-state index in [-0.39, 0.29) is 0 Å². The number of hydrogen-bond acceptors (Lipinski definition) is 3. The zero-order valence-electron chi connectivity index (χ0n) is 6.42. The third-order valence-electron chi connectivity index (χ3n) is 1.12. The van der Waals surface area contributed by atoms with Crippen molar-refractivity contribution in [3.63, 3.8) is 0 Å². The van der Waals surface area contributed by atoms with Crippen LogP contribution in [0.4, 0.5) is 4.39 Å². The van der Waals surface area contributed by atoms with Crippen molar-refractivity contribution >= 4 is 0 Å². The van der Waals surface area contributed by atoms with Crippen molar-refractivity contribution in [1.82, 2.24) is 9.97 Å². The van der Waals surface area contributed by atoms with Crippen LogP contribution in [-0.4, -0.2) is 16.5 Å². The highest BCUT2D eigenvalue weighted by Crippen LogP contribution is 1.91. The van der Waals surface area contributed by atoms with Crippen LogP contribution in [0.1, 0.15) is 12.0 Å². The Morgan fingerprint density at radius 1 is 1.42 bits per heavy atom. The van der Waals surface area contributed by atoms with E-state index in [1.165, 1.54) is 12.4 Å². The number of nitrogens with two attached hydrogens (primary N) is 1. The van der Waals surface area contributed by atoms with Gasteiger partial charge >= 0.3 is 6.08 Å². The second kappa shape index (κ2) is 4.42. The summed E-state index contributed by atoms with van der Waals surface area (Å²) in [6.45, 7) is 0.523. The number of nitrogens with zero attached hydrogens (tertiary/aromatic N) is 2. The molecule has 1 rings (SSSR count). The molecule has 2 N–H and O–H groups in total. The summed E-state index contributed by atoms with van der Waals surface area (Å²) in [5, 5.41) is 0. The van der Waals surface area contributed by atoms with Gasteiger partial charge in [-0.15, -0.1) is 0 Å². The van der Waals surface area contributed by atoms with Crippen LogP contribution in [0.25, 0.3) is 0 Å². The summed E-state index contributed by atoms with van der Waals surface area (Å²) in [4.78, 5) is 6.69.